The Morgan fingerprint density at radius 3 is 2.52 bits per heavy atom. The van der Waals surface area contributed by atoms with E-state index in [1.165, 1.54) is 7.11 Å². The number of hydrogen-bond acceptors (Lipinski definition) is 5. The second-order valence-electron chi connectivity index (χ2n) is 5.99. The molecule has 0 radical (unpaired) electrons. The number of methoxy groups -OCH3 is 1. The van der Waals surface area contributed by atoms with E-state index in [4.69, 9.17) is 4.74 Å². The smallest absolute Gasteiger partial charge is 0.409 e. The van der Waals surface area contributed by atoms with Crippen molar-refractivity contribution in [1.29, 1.82) is 0 Å². The molecule has 0 aromatic heterocycles. The van der Waals surface area contributed by atoms with Gasteiger partial charge in [-0.1, -0.05) is 6.42 Å². The number of hydrogen-bond donors (Lipinski definition) is 2. The summed E-state index contributed by atoms with van der Waals surface area (Å²) < 4.78 is 9.64. The summed E-state index contributed by atoms with van der Waals surface area (Å²) in [5.74, 6) is 0.627. The zero-order valence-electron chi connectivity index (χ0n) is 15.7. The molecule has 8 heteroatoms. The third-order valence-corrected chi connectivity index (χ3v) is 4.16. The molecular weight excluding hydrogens is 324 g/mol. The van der Waals surface area contributed by atoms with E-state index in [2.05, 4.69) is 20.4 Å². The number of esters is 1. The molecule has 1 heterocycles. The van der Waals surface area contributed by atoms with Gasteiger partial charge in [0.05, 0.1) is 13.7 Å². The number of likely N-dealkylation sites (tertiary alicyclic amines) is 1. The number of nitrogens with one attached hydrogen (secondary N) is 2. The molecule has 2 N–H and O–H groups in total. The van der Waals surface area contributed by atoms with Crippen molar-refractivity contribution in [3.63, 3.8) is 0 Å². The summed E-state index contributed by atoms with van der Waals surface area (Å²) in [6.45, 7) is 4.43. The van der Waals surface area contributed by atoms with Crippen LogP contribution < -0.4 is 10.6 Å². The van der Waals surface area contributed by atoms with Gasteiger partial charge in [-0.2, -0.15) is 0 Å². The molecule has 144 valence electrons. The molecule has 0 aromatic carbocycles. The fourth-order valence-corrected chi connectivity index (χ4v) is 2.69. The highest BCUT2D eigenvalue weighted by Gasteiger charge is 2.23. The number of unbranched alkanes of at least 4 members (excludes halogenated alkanes) is 2. The van der Waals surface area contributed by atoms with Crippen molar-refractivity contribution < 1.29 is 19.1 Å². The van der Waals surface area contributed by atoms with Gasteiger partial charge in [-0.15, -0.1) is 0 Å². The van der Waals surface area contributed by atoms with Gasteiger partial charge >= 0.3 is 12.1 Å². The summed E-state index contributed by atoms with van der Waals surface area (Å²) in [6.07, 6.45) is 4.78. The van der Waals surface area contributed by atoms with E-state index in [0.29, 0.717) is 32.2 Å². The van der Waals surface area contributed by atoms with Gasteiger partial charge in [0.15, 0.2) is 5.96 Å². The normalized spacial score (nSPS) is 15.6. The van der Waals surface area contributed by atoms with Crippen LogP contribution in [0.25, 0.3) is 0 Å². The molecular formula is C17H32N4O4. The summed E-state index contributed by atoms with van der Waals surface area (Å²) in [5.41, 5.74) is 0. The van der Waals surface area contributed by atoms with Crippen LogP contribution in [0.2, 0.25) is 0 Å². The molecule has 0 unspecified atom stereocenters. The maximum Gasteiger partial charge on any atom is 0.409 e. The highest BCUT2D eigenvalue weighted by Crippen LogP contribution is 2.11. The van der Waals surface area contributed by atoms with Crippen LogP contribution in [0.1, 0.15) is 45.4 Å². The third-order valence-electron chi connectivity index (χ3n) is 4.16. The fraction of sp³-hybridized carbons (Fsp3) is 0.824. The number of carbonyl (C=O) groups is 2. The van der Waals surface area contributed by atoms with Crippen LogP contribution in [-0.2, 0) is 14.3 Å². The van der Waals surface area contributed by atoms with E-state index in [0.717, 1.165) is 44.6 Å². The minimum Gasteiger partial charge on any atom is -0.469 e. The van der Waals surface area contributed by atoms with Gasteiger partial charge in [0, 0.05) is 39.1 Å². The van der Waals surface area contributed by atoms with Crippen molar-refractivity contribution in [1.82, 2.24) is 15.5 Å². The van der Waals surface area contributed by atoms with E-state index < -0.39 is 0 Å². The molecule has 1 amide bonds. The van der Waals surface area contributed by atoms with Gasteiger partial charge in [0.25, 0.3) is 0 Å². The molecule has 1 rings (SSSR count). The Kier molecular flexibility index (Phi) is 10.4. The van der Waals surface area contributed by atoms with Gasteiger partial charge in [0.1, 0.15) is 0 Å². The van der Waals surface area contributed by atoms with Gasteiger partial charge in [0.2, 0.25) is 0 Å². The zero-order valence-corrected chi connectivity index (χ0v) is 15.7. The number of rotatable bonds is 8. The first kappa shape index (κ1) is 21.1. The minimum absolute atomic E-state index is 0.153. The Hall–Kier alpha value is -1.99. The molecule has 1 fully saturated rings. The molecule has 0 spiro atoms. The van der Waals surface area contributed by atoms with Crippen LogP contribution in [-0.4, -0.2) is 69.4 Å². The molecule has 1 aliphatic heterocycles. The lowest BCUT2D eigenvalue weighted by Gasteiger charge is -2.32. The topological polar surface area (TPSA) is 92.3 Å². The van der Waals surface area contributed by atoms with Crippen LogP contribution in [0.15, 0.2) is 4.99 Å². The van der Waals surface area contributed by atoms with Gasteiger partial charge in [-0.25, -0.2) is 4.79 Å². The van der Waals surface area contributed by atoms with Crippen molar-refractivity contribution >= 4 is 18.0 Å². The predicted molar refractivity (Wildman–Crippen MR) is 96.6 cm³/mol. The van der Waals surface area contributed by atoms with Gasteiger partial charge < -0.3 is 25.0 Å². The molecule has 0 aliphatic carbocycles. The molecule has 0 bridgehead atoms. The maximum atomic E-state index is 11.7. The average Bonchev–Trinajstić information content (AvgIpc) is 2.63. The van der Waals surface area contributed by atoms with Crippen LogP contribution >= 0.6 is 0 Å². The minimum atomic E-state index is -0.226. The van der Waals surface area contributed by atoms with Crippen molar-refractivity contribution in [2.45, 2.75) is 51.5 Å². The largest absolute Gasteiger partial charge is 0.469 e. The van der Waals surface area contributed by atoms with E-state index in [9.17, 15) is 9.59 Å². The number of carbonyl (C=O) groups excluding carboxylic acids is 2. The van der Waals surface area contributed by atoms with Crippen LogP contribution in [0.5, 0.6) is 0 Å². The molecule has 0 aromatic rings. The Morgan fingerprint density at radius 2 is 1.92 bits per heavy atom. The monoisotopic (exact) mass is 356 g/mol. The molecule has 25 heavy (non-hydrogen) atoms. The summed E-state index contributed by atoms with van der Waals surface area (Å²) in [6, 6.07) is 0.302. The molecule has 1 aliphatic rings. The number of guanidine groups is 1. The van der Waals surface area contributed by atoms with E-state index in [1.54, 1.807) is 11.9 Å². The number of ether oxygens (including phenoxy) is 2. The molecule has 0 atom stereocenters. The Bertz CT molecular complexity index is 434. The summed E-state index contributed by atoms with van der Waals surface area (Å²) in [4.78, 5) is 28.7. The summed E-state index contributed by atoms with van der Waals surface area (Å²) in [5, 5.41) is 6.69. The number of aliphatic imine (C=N–C) groups is 1. The first-order chi connectivity index (χ1) is 12.1. The Labute approximate surface area is 150 Å². The summed E-state index contributed by atoms with van der Waals surface area (Å²) >= 11 is 0. The van der Waals surface area contributed by atoms with Crippen molar-refractivity contribution in [2.75, 3.05) is 40.4 Å². The lowest BCUT2D eigenvalue weighted by Crippen LogP contribution is -2.50. The molecule has 8 nitrogen and oxygen atoms in total. The average molecular weight is 356 g/mol. The van der Waals surface area contributed by atoms with Crippen LogP contribution in [0.4, 0.5) is 4.79 Å². The van der Waals surface area contributed by atoms with E-state index in [-0.39, 0.29) is 12.1 Å². The van der Waals surface area contributed by atoms with Crippen molar-refractivity contribution in [3.8, 4) is 0 Å². The lowest BCUT2D eigenvalue weighted by atomic mass is 10.1. The van der Waals surface area contributed by atoms with Crippen LogP contribution in [0, 0.1) is 0 Å². The Balaban J connectivity index is 2.16. The number of nitrogens with zero attached hydrogens (tertiary/aromatic N) is 2. The maximum absolute atomic E-state index is 11.7. The SMILES string of the molecule is CCOC(=O)N1CCC(NC(=NC)NCCCCCC(=O)OC)CC1. The zero-order chi connectivity index (χ0) is 18.5. The highest BCUT2D eigenvalue weighted by atomic mass is 16.6. The van der Waals surface area contributed by atoms with Crippen molar-refractivity contribution in [3.05, 3.63) is 0 Å². The molecule has 0 saturated carbocycles. The summed E-state index contributed by atoms with van der Waals surface area (Å²) in [7, 11) is 3.16. The van der Waals surface area contributed by atoms with Crippen LogP contribution in [0.3, 0.4) is 0 Å². The predicted octanol–water partition coefficient (Wildman–Crippen LogP) is 1.51. The number of piperidine rings is 1. The van der Waals surface area contributed by atoms with E-state index >= 15 is 0 Å². The first-order valence-electron chi connectivity index (χ1n) is 9.06. The van der Waals surface area contributed by atoms with Gasteiger partial charge in [-0.3, -0.25) is 9.79 Å². The van der Waals surface area contributed by atoms with E-state index in [1.807, 2.05) is 6.92 Å². The second kappa shape index (κ2) is 12.4. The second-order valence-corrected chi connectivity index (χ2v) is 5.99. The third kappa shape index (κ3) is 8.60. The Morgan fingerprint density at radius 1 is 1.20 bits per heavy atom. The number of amides is 1. The van der Waals surface area contributed by atoms with Crippen molar-refractivity contribution in [2.24, 2.45) is 4.99 Å². The quantitative estimate of drug-likeness (QED) is 0.296. The lowest BCUT2D eigenvalue weighted by molar-refractivity contribution is -0.140. The fourth-order valence-electron chi connectivity index (χ4n) is 2.69. The highest BCUT2D eigenvalue weighted by molar-refractivity contribution is 5.80. The van der Waals surface area contributed by atoms with Gasteiger partial charge in [-0.05, 0) is 32.6 Å². The first-order valence-corrected chi connectivity index (χ1v) is 9.06. The standard InChI is InChI=1S/C17H32N4O4/c1-4-25-17(23)21-12-9-14(10-13-21)20-16(18-2)19-11-7-5-6-8-15(22)24-3/h14H,4-13H2,1-3H3,(H2,18,19,20). The molecule has 1 saturated heterocycles.